The van der Waals surface area contributed by atoms with Gasteiger partial charge in [0.25, 0.3) is 0 Å². The van der Waals surface area contributed by atoms with Crippen LogP contribution in [-0.4, -0.2) is 18.2 Å². The Morgan fingerprint density at radius 3 is 1.50 bits per heavy atom. The van der Waals surface area contributed by atoms with Gasteiger partial charge in [0.15, 0.2) is 0 Å². The minimum atomic E-state index is -3.88. The zero-order chi connectivity index (χ0) is 8.78. The van der Waals surface area contributed by atoms with Crippen molar-refractivity contribution in [3.63, 3.8) is 0 Å². The molecular weight excluding hydrogens is 187 g/mol. The summed E-state index contributed by atoms with van der Waals surface area (Å²) in [5, 5.41) is 4.16. The molecule has 0 aliphatic heterocycles. The maximum Gasteiger partial charge on any atom is 0.692 e. The number of rotatable bonds is 1. The molecule has 62 valence electrons. The number of nitrogens with two attached hydrogens (primary N) is 2. The Kier molecular flexibility index (Phi) is 7.04. The van der Waals surface area contributed by atoms with Gasteiger partial charge < -0.3 is 0 Å². The van der Waals surface area contributed by atoms with E-state index in [-0.39, 0.29) is 0 Å². The molecule has 0 heterocycles. The smallest absolute Gasteiger partial charge is 0.204 e. The molecule has 0 aromatic carbocycles. The van der Waals surface area contributed by atoms with Gasteiger partial charge in [0.1, 0.15) is 0 Å². The van der Waals surface area contributed by atoms with E-state index >= 15 is 0 Å². The van der Waals surface area contributed by atoms with E-state index in [0.29, 0.717) is 0 Å². The fourth-order valence-corrected chi connectivity index (χ4v) is 0. The van der Waals surface area contributed by atoms with Gasteiger partial charge in [0.05, 0.1) is 0 Å². The molecule has 0 aliphatic carbocycles. The SMILES string of the molecule is NOS(N)(=O)=O.O=[P+](O)O. The predicted molar refractivity (Wildman–Crippen MR) is 30.4 cm³/mol. The van der Waals surface area contributed by atoms with Crippen molar-refractivity contribution in [3.05, 3.63) is 0 Å². The fraction of sp³-hybridized carbons (Fsp3) is 0. The molecule has 0 radical (unpaired) electrons. The van der Waals surface area contributed by atoms with Crippen LogP contribution in [0.3, 0.4) is 0 Å². The van der Waals surface area contributed by atoms with Crippen LogP contribution in [0.1, 0.15) is 0 Å². The van der Waals surface area contributed by atoms with Gasteiger partial charge in [-0.1, -0.05) is 0 Å². The predicted octanol–water partition coefficient (Wildman–Crippen LogP) is -2.29. The zero-order valence-corrected chi connectivity index (χ0v) is 6.25. The van der Waals surface area contributed by atoms with Crippen molar-refractivity contribution in [2.75, 3.05) is 0 Å². The van der Waals surface area contributed by atoms with E-state index in [4.69, 9.17) is 14.4 Å². The van der Waals surface area contributed by atoms with Crippen molar-refractivity contribution < 1.29 is 27.1 Å². The molecular formula is H6N2O6PS+. The molecule has 8 nitrogen and oxygen atoms in total. The highest BCUT2D eigenvalue weighted by atomic mass is 32.2. The Bertz CT molecular complexity index is 178. The Hall–Kier alpha value is -0.150. The summed E-state index contributed by atoms with van der Waals surface area (Å²) in [5.41, 5.74) is 0. The maximum atomic E-state index is 9.43. The molecule has 0 saturated heterocycles. The van der Waals surface area contributed by atoms with Gasteiger partial charge in [0, 0.05) is 4.57 Å². The van der Waals surface area contributed by atoms with Crippen molar-refractivity contribution in [3.8, 4) is 0 Å². The molecule has 10 heavy (non-hydrogen) atoms. The molecule has 0 bridgehead atoms. The normalized spacial score (nSPS) is 9.60. The van der Waals surface area contributed by atoms with Gasteiger partial charge in [0.2, 0.25) is 0 Å². The summed E-state index contributed by atoms with van der Waals surface area (Å²) in [5.74, 6) is 4.09. The first-order valence-electron chi connectivity index (χ1n) is 1.55. The van der Waals surface area contributed by atoms with Gasteiger partial charge >= 0.3 is 18.6 Å². The summed E-state index contributed by atoms with van der Waals surface area (Å²) in [6.45, 7) is 0. The van der Waals surface area contributed by atoms with Crippen LogP contribution in [0.2, 0.25) is 0 Å². The minimum absolute atomic E-state index is 2.87. The Labute approximate surface area is 57.6 Å². The number of hydrogen-bond donors (Lipinski definition) is 4. The second-order valence-electron chi connectivity index (χ2n) is 0.842. The lowest BCUT2D eigenvalue weighted by molar-refractivity contribution is 0.333. The van der Waals surface area contributed by atoms with Crippen molar-refractivity contribution in [1.29, 1.82) is 0 Å². The third-order valence-electron chi connectivity index (χ3n) is 0.134. The van der Waals surface area contributed by atoms with Gasteiger partial charge in [-0.05, 0) is 0 Å². The van der Waals surface area contributed by atoms with Crippen molar-refractivity contribution in [2.45, 2.75) is 0 Å². The monoisotopic (exact) mass is 193 g/mol. The molecule has 0 aliphatic rings. The van der Waals surface area contributed by atoms with Gasteiger partial charge in [-0.3, -0.25) is 0 Å². The summed E-state index contributed by atoms with van der Waals surface area (Å²) in [7, 11) is -6.75. The van der Waals surface area contributed by atoms with Crippen molar-refractivity contribution in [2.24, 2.45) is 11.0 Å². The first kappa shape index (κ1) is 12.5. The molecule has 0 aromatic rings. The standard InChI is InChI=1S/H4N2O3S.HO3P/c1-5-6(2,3)4;1-4(2)3/h1H2,(H2,2,3,4);(H-,1,2,3)/p+1. The summed E-state index contributed by atoms with van der Waals surface area (Å²) in [6.07, 6.45) is 0. The van der Waals surface area contributed by atoms with Gasteiger partial charge in [-0.2, -0.15) is 18.6 Å². The lowest BCUT2D eigenvalue weighted by Gasteiger charge is -1.83. The first-order valence-corrected chi connectivity index (χ1v) is 4.19. The Balaban J connectivity index is 0. The van der Waals surface area contributed by atoms with Gasteiger partial charge in [-0.15, -0.1) is 9.79 Å². The van der Waals surface area contributed by atoms with E-state index in [0.717, 1.165) is 0 Å². The van der Waals surface area contributed by atoms with E-state index in [2.05, 4.69) is 15.3 Å². The second kappa shape index (κ2) is 5.62. The molecule has 0 fully saturated rings. The topological polar surface area (TPSA) is 153 Å². The summed E-state index contributed by atoms with van der Waals surface area (Å²) in [6, 6.07) is 0. The van der Waals surface area contributed by atoms with Crippen LogP contribution in [0.25, 0.3) is 0 Å². The summed E-state index contributed by atoms with van der Waals surface area (Å²) < 4.78 is 30.8. The maximum absolute atomic E-state index is 9.43. The molecule has 0 atom stereocenters. The molecule has 0 aromatic heterocycles. The van der Waals surface area contributed by atoms with Crippen molar-refractivity contribution in [1.82, 2.24) is 0 Å². The van der Waals surface area contributed by atoms with Crippen LogP contribution < -0.4 is 11.0 Å². The molecule has 0 spiro atoms. The average molecular weight is 193 g/mol. The Morgan fingerprint density at radius 2 is 1.50 bits per heavy atom. The second-order valence-corrected chi connectivity index (χ2v) is 2.53. The molecule has 0 unspecified atom stereocenters. The molecule has 6 N–H and O–H groups in total. The highest BCUT2D eigenvalue weighted by Crippen LogP contribution is 1.98. The summed E-state index contributed by atoms with van der Waals surface area (Å²) in [4.78, 5) is 14.2. The van der Waals surface area contributed by atoms with Crippen molar-refractivity contribution >= 4 is 18.6 Å². The van der Waals surface area contributed by atoms with E-state index in [9.17, 15) is 8.42 Å². The molecule has 10 heteroatoms. The number of hydrogen-bond acceptors (Lipinski definition) is 5. The molecule has 0 rings (SSSR count). The highest BCUT2D eigenvalue weighted by molar-refractivity contribution is 7.84. The molecule has 0 saturated carbocycles. The average Bonchev–Trinajstić information content (AvgIpc) is 1.63. The van der Waals surface area contributed by atoms with Crippen LogP contribution in [0, 0.1) is 0 Å². The largest absolute Gasteiger partial charge is 0.692 e. The fourth-order valence-electron chi connectivity index (χ4n) is 0. The third kappa shape index (κ3) is 45.3. The lowest BCUT2D eigenvalue weighted by atomic mass is 13.6. The lowest BCUT2D eigenvalue weighted by Crippen LogP contribution is -2.19. The van der Waals surface area contributed by atoms with E-state index in [1.165, 1.54) is 0 Å². The van der Waals surface area contributed by atoms with E-state index in [1.807, 2.05) is 0 Å². The van der Waals surface area contributed by atoms with Crippen LogP contribution in [0.15, 0.2) is 0 Å². The van der Waals surface area contributed by atoms with Gasteiger partial charge in [-0.25, -0.2) is 5.14 Å². The first-order chi connectivity index (χ1) is 4.29. The molecule has 0 amide bonds. The van der Waals surface area contributed by atoms with E-state index in [1.54, 1.807) is 0 Å². The van der Waals surface area contributed by atoms with Crippen LogP contribution >= 0.6 is 8.25 Å². The van der Waals surface area contributed by atoms with Crippen LogP contribution in [-0.2, 0) is 19.2 Å². The summed E-state index contributed by atoms with van der Waals surface area (Å²) >= 11 is 0. The quantitative estimate of drug-likeness (QED) is 0.270. The Morgan fingerprint density at radius 1 is 1.40 bits per heavy atom. The van der Waals surface area contributed by atoms with E-state index < -0.39 is 18.6 Å². The third-order valence-corrected chi connectivity index (χ3v) is 0.402. The van der Waals surface area contributed by atoms with Crippen LogP contribution in [0.4, 0.5) is 0 Å². The highest BCUT2D eigenvalue weighted by Gasteiger charge is 1.93. The zero-order valence-electron chi connectivity index (χ0n) is 4.54. The van der Waals surface area contributed by atoms with Crippen LogP contribution in [0.5, 0.6) is 0 Å². The minimum Gasteiger partial charge on any atom is -0.204 e.